The van der Waals surface area contributed by atoms with E-state index in [2.05, 4.69) is 0 Å². The summed E-state index contributed by atoms with van der Waals surface area (Å²) in [6.07, 6.45) is -0.812. The van der Waals surface area contributed by atoms with Crippen molar-refractivity contribution in [2.45, 2.75) is 11.0 Å². The number of benzene rings is 2. The molecule has 2 aromatic carbocycles. The minimum Gasteiger partial charge on any atom is -0.495 e. The normalized spacial score (nSPS) is 12.8. The van der Waals surface area contributed by atoms with E-state index in [1.54, 1.807) is 54.6 Å². The summed E-state index contributed by atoms with van der Waals surface area (Å²) in [6.45, 7) is 0.374. The van der Waals surface area contributed by atoms with Crippen LogP contribution in [0.2, 0.25) is 0 Å². The number of methoxy groups -OCH3 is 1. The number of nitrogens with zero attached hydrogens (tertiary/aromatic N) is 1. The van der Waals surface area contributed by atoms with Gasteiger partial charge in [0.15, 0.2) is 0 Å². The van der Waals surface area contributed by atoms with Crippen LogP contribution in [0.5, 0.6) is 5.75 Å². The molecule has 7 heteroatoms. The van der Waals surface area contributed by atoms with E-state index in [-0.39, 0.29) is 11.4 Å². The van der Waals surface area contributed by atoms with E-state index in [4.69, 9.17) is 4.74 Å². The van der Waals surface area contributed by atoms with Crippen molar-refractivity contribution in [3.05, 3.63) is 54.6 Å². The molecule has 0 amide bonds. The van der Waals surface area contributed by atoms with Gasteiger partial charge in [-0.15, -0.1) is 0 Å². The molecule has 0 aliphatic heterocycles. The minimum atomic E-state index is -3.83. The van der Waals surface area contributed by atoms with Crippen molar-refractivity contribution in [2.75, 3.05) is 38.6 Å². The van der Waals surface area contributed by atoms with Crippen LogP contribution in [-0.4, -0.2) is 53.9 Å². The van der Waals surface area contributed by atoms with Gasteiger partial charge >= 0.3 is 0 Å². The van der Waals surface area contributed by atoms with Gasteiger partial charge in [-0.3, -0.25) is 4.31 Å². The number of anilines is 1. The summed E-state index contributed by atoms with van der Waals surface area (Å²) in [5.74, 6) is 0.436. The maximum atomic E-state index is 13.2. The molecule has 0 heterocycles. The fourth-order valence-corrected chi connectivity index (χ4v) is 4.14. The van der Waals surface area contributed by atoms with Gasteiger partial charge in [-0.05, 0) is 24.3 Å². The molecular weight excluding hydrogens is 340 g/mol. The molecule has 2 rings (SSSR count). The SMILES string of the molecule is COc1ccccc1N(CC(O)C[NH+](C)C)S(=O)(=O)c1ccccc1. The van der Waals surface area contributed by atoms with E-state index in [1.807, 2.05) is 14.1 Å². The van der Waals surface area contributed by atoms with Crippen molar-refractivity contribution in [2.24, 2.45) is 0 Å². The van der Waals surface area contributed by atoms with Gasteiger partial charge < -0.3 is 14.7 Å². The van der Waals surface area contributed by atoms with Crippen LogP contribution < -0.4 is 13.9 Å². The topological polar surface area (TPSA) is 71.3 Å². The average Bonchev–Trinajstić information content (AvgIpc) is 2.59. The minimum absolute atomic E-state index is 0.0528. The van der Waals surface area contributed by atoms with Crippen LogP contribution in [0.25, 0.3) is 0 Å². The fourth-order valence-electron chi connectivity index (χ4n) is 2.61. The molecule has 2 N–H and O–H groups in total. The third-order valence-electron chi connectivity index (χ3n) is 3.71. The largest absolute Gasteiger partial charge is 0.495 e. The second kappa shape index (κ2) is 8.33. The molecule has 2 aromatic rings. The Kier molecular flexibility index (Phi) is 6.41. The van der Waals surface area contributed by atoms with Crippen LogP contribution in [0.4, 0.5) is 5.69 Å². The molecule has 0 fully saturated rings. The average molecular weight is 365 g/mol. The molecule has 0 radical (unpaired) electrons. The van der Waals surface area contributed by atoms with Crippen molar-refractivity contribution in [1.82, 2.24) is 0 Å². The smallest absolute Gasteiger partial charge is 0.264 e. The first-order valence-corrected chi connectivity index (χ1v) is 9.48. The van der Waals surface area contributed by atoms with Crippen LogP contribution in [0.3, 0.4) is 0 Å². The Labute approximate surface area is 149 Å². The number of hydrogen-bond acceptors (Lipinski definition) is 4. The van der Waals surface area contributed by atoms with E-state index >= 15 is 0 Å². The molecule has 25 heavy (non-hydrogen) atoms. The second-order valence-corrected chi connectivity index (χ2v) is 7.95. The van der Waals surface area contributed by atoms with E-state index in [0.717, 1.165) is 4.90 Å². The Hall–Kier alpha value is -2.09. The number of para-hydroxylation sites is 2. The lowest BCUT2D eigenvalue weighted by Gasteiger charge is -2.28. The number of likely N-dealkylation sites (N-methyl/N-ethyl adjacent to an activating group) is 1. The third-order valence-corrected chi connectivity index (χ3v) is 5.50. The lowest BCUT2D eigenvalue weighted by atomic mass is 10.2. The summed E-state index contributed by atoms with van der Waals surface area (Å²) in [4.78, 5) is 1.20. The molecule has 0 saturated carbocycles. The maximum Gasteiger partial charge on any atom is 0.264 e. The number of hydrogen-bond donors (Lipinski definition) is 2. The Morgan fingerprint density at radius 1 is 1.08 bits per heavy atom. The summed E-state index contributed by atoms with van der Waals surface area (Å²) in [6, 6.07) is 15.1. The molecule has 0 spiro atoms. The highest BCUT2D eigenvalue weighted by Crippen LogP contribution is 2.32. The molecule has 0 aromatic heterocycles. The first-order valence-electron chi connectivity index (χ1n) is 8.04. The van der Waals surface area contributed by atoms with Gasteiger partial charge in [0.1, 0.15) is 18.4 Å². The van der Waals surface area contributed by atoms with Crippen molar-refractivity contribution >= 4 is 15.7 Å². The highest BCUT2D eigenvalue weighted by molar-refractivity contribution is 7.92. The van der Waals surface area contributed by atoms with Crippen LogP contribution in [0, 0.1) is 0 Å². The Balaban J connectivity index is 2.49. The molecule has 0 bridgehead atoms. The molecule has 0 aliphatic rings. The second-order valence-electron chi connectivity index (χ2n) is 6.09. The van der Waals surface area contributed by atoms with Crippen LogP contribution >= 0.6 is 0 Å². The predicted octanol–water partition coefficient (Wildman–Crippen LogP) is 0.396. The number of aliphatic hydroxyl groups excluding tert-OH is 1. The summed E-state index contributed by atoms with van der Waals surface area (Å²) >= 11 is 0. The number of rotatable bonds is 8. The quantitative estimate of drug-likeness (QED) is 0.710. The maximum absolute atomic E-state index is 13.2. The molecule has 1 atom stereocenters. The Morgan fingerprint density at radius 2 is 1.68 bits per heavy atom. The van der Waals surface area contributed by atoms with Crippen LogP contribution in [0.15, 0.2) is 59.5 Å². The van der Waals surface area contributed by atoms with E-state index in [9.17, 15) is 13.5 Å². The van der Waals surface area contributed by atoms with Gasteiger partial charge in [0.05, 0.1) is 38.3 Å². The van der Waals surface area contributed by atoms with Gasteiger partial charge in [-0.1, -0.05) is 30.3 Å². The van der Waals surface area contributed by atoms with Crippen molar-refractivity contribution < 1.29 is 23.2 Å². The molecule has 136 valence electrons. The third kappa shape index (κ3) is 4.72. The summed E-state index contributed by atoms with van der Waals surface area (Å²) in [7, 11) is 1.47. The number of sulfonamides is 1. The highest BCUT2D eigenvalue weighted by Gasteiger charge is 2.29. The first-order chi connectivity index (χ1) is 11.9. The summed E-state index contributed by atoms with van der Waals surface area (Å²) < 4.78 is 32.9. The lowest BCUT2D eigenvalue weighted by Crippen LogP contribution is -3.07. The van der Waals surface area contributed by atoms with E-state index in [1.165, 1.54) is 11.4 Å². The molecule has 1 unspecified atom stereocenters. The molecular formula is C18H25N2O4S+. The predicted molar refractivity (Wildman–Crippen MR) is 97.7 cm³/mol. The van der Waals surface area contributed by atoms with Gasteiger partial charge in [0, 0.05) is 0 Å². The zero-order valence-corrected chi connectivity index (χ0v) is 15.5. The number of aliphatic hydroxyl groups is 1. The highest BCUT2D eigenvalue weighted by atomic mass is 32.2. The van der Waals surface area contributed by atoms with E-state index in [0.29, 0.717) is 18.0 Å². The summed E-state index contributed by atoms with van der Waals surface area (Å²) in [5.41, 5.74) is 0.404. The number of quaternary nitrogens is 1. The molecule has 0 saturated heterocycles. The Bertz CT molecular complexity index is 779. The van der Waals surface area contributed by atoms with Gasteiger partial charge in [-0.25, -0.2) is 8.42 Å². The Morgan fingerprint density at radius 3 is 2.28 bits per heavy atom. The summed E-state index contributed by atoms with van der Waals surface area (Å²) in [5, 5.41) is 10.4. The van der Waals surface area contributed by atoms with Crippen molar-refractivity contribution in [3.63, 3.8) is 0 Å². The van der Waals surface area contributed by atoms with Gasteiger partial charge in [0.2, 0.25) is 0 Å². The zero-order valence-electron chi connectivity index (χ0n) is 14.7. The van der Waals surface area contributed by atoms with Crippen LogP contribution in [0.1, 0.15) is 0 Å². The number of ether oxygens (including phenoxy) is 1. The monoisotopic (exact) mass is 365 g/mol. The molecule has 6 nitrogen and oxygen atoms in total. The van der Waals surface area contributed by atoms with Crippen LogP contribution in [-0.2, 0) is 10.0 Å². The number of nitrogens with one attached hydrogen (secondary N) is 1. The fraction of sp³-hybridized carbons (Fsp3) is 0.333. The van der Waals surface area contributed by atoms with Gasteiger partial charge in [0.25, 0.3) is 10.0 Å². The zero-order chi connectivity index (χ0) is 18.4. The van der Waals surface area contributed by atoms with Gasteiger partial charge in [-0.2, -0.15) is 0 Å². The standard InChI is InChI=1S/C18H24N2O4S/c1-19(2)13-15(21)14-20(17-11-7-8-12-18(17)24-3)25(22,23)16-9-5-4-6-10-16/h4-12,15,21H,13-14H2,1-3H3/p+1. The van der Waals surface area contributed by atoms with Crippen molar-refractivity contribution in [3.8, 4) is 5.75 Å². The molecule has 0 aliphatic carbocycles. The van der Waals surface area contributed by atoms with Crippen molar-refractivity contribution in [1.29, 1.82) is 0 Å². The lowest BCUT2D eigenvalue weighted by molar-refractivity contribution is -0.861. The van der Waals surface area contributed by atoms with E-state index < -0.39 is 16.1 Å². The first kappa shape index (κ1) is 19.2.